The van der Waals surface area contributed by atoms with Crippen LogP contribution in [0, 0.1) is 0 Å². The third-order valence-corrected chi connectivity index (χ3v) is 5.30. The van der Waals surface area contributed by atoms with E-state index in [4.69, 9.17) is 11.6 Å². The fraction of sp³-hybridized carbons (Fsp3) is 0.333. The molecule has 0 bridgehead atoms. The molecule has 6 nitrogen and oxygen atoms in total. The molecule has 4 aromatic rings. The number of halogens is 1. The van der Waals surface area contributed by atoms with Crippen molar-refractivity contribution < 1.29 is 0 Å². The quantitative estimate of drug-likeness (QED) is 0.543. The highest BCUT2D eigenvalue weighted by molar-refractivity contribution is 6.30. The molecule has 5 rings (SSSR count). The molecule has 0 unspecified atom stereocenters. The average molecular weight is 353 g/mol. The molecule has 1 fully saturated rings. The third kappa shape index (κ3) is 2.40. The Morgan fingerprint density at radius 2 is 1.76 bits per heavy atom. The minimum absolute atomic E-state index is 0.481. The van der Waals surface area contributed by atoms with Gasteiger partial charge in [-0.25, -0.2) is 9.67 Å². The van der Waals surface area contributed by atoms with Crippen molar-refractivity contribution in [1.29, 1.82) is 0 Å². The smallest absolute Gasteiger partial charge is 0.174 e. The Hall–Kier alpha value is -2.47. The van der Waals surface area contributed by atoms with Crippen LogP contribution in [-0.2, 0) is 0 Å². The van der Waals surface area contributed by atoms with Gasteiger partial charge in [0.15, 0.2) is 11.3 Å². The maximum absolute atomic E-state index is 5.98. The first kappa shape index (κ1) is 14.8. The van der Waals surface area contributed by atoms with Crippen molar-refractivity contribution in [2.75, 3.05) is 0 Å². The van der Waals surface area contributed by atoms with Crippen LogP contribution >= 0.6 is 11.6 Å². The van der Waals surface area contributed by atoms with Gasteiger partial charge in [-0.15, -0.1) is 10.2 Å². The monoisotopic (exact) mass is 352 g/mol. The second-order valence-corrected chi connectivity index (χ2v) is 7.04. The van der Waals surface area contributed by atoms with E-state index >= 15 is 0 Å². The van der Waals surface area contributed by atoms with Crippen LogP contribution in [-0.4, -0.2) is 29.4 Å². The van der Waals surface area contributed by atoms with Crippen molar-refractivity contribution in [2.45, 2.75) is 38.0 Å². The molecule has 0 aliphatic heterocycles. The second kappa shape index (κ2) is 5.81. The summed E-state index contributed by atoms with van der Waals surface area (Å²) >= 11 is 5.98. The normalized spacial score (nSPS) is 16.0. The summed E-state index contributed by atoms with van der Waals surface area (Å²) in [5, 5.41) is 15.0. The molecule has 0 amide bonds. The third-order valence-electron chi connectivity index (χ3n) is 5.04. The molecule has 1 aliphatic carbocycles. The lowest BCUT2D eigenvalue weighted by atomic mass is 9.89. The van der Waals surface area contributed by atoms with Crippen molar-refractivity contribution in [2.24, 2.45) is 0 Å². The van der Waals surface area contributed by atoms with Crippen LogP contribution in [0.5, 0.6) is 0 Å². The second-order valence-electron chi connectivity index (χ2n) is 6.60. The first-order valence-electron chi connectivity index (χ1n) is 8.64. The van der Waals surface area contributed by atoms with E-state index in [1.165, 1.54) is 32.1 Å². The van der Waals surface area contributed by atoms with Crippen LogP contribution in [0.15, 0.2) is 36.8 Å². The van der Waals surface area contributed by atoms with Crippen LogP contribution in [0.25, 0.3) is 22.4 Å². The number of hydrogen-bond acceptors (Lipinski definition) is 4. The van der Waals surface area contributed by atoms with Crippen molar-refractivity contribution in [3.05, 3.63) is 47.6 Å². The molecular weight excluding hydrogens is 336 g/mol. The van der Waals surface area contributed by atoms with Crippen LogP contribution in [0.4, 0.5) is 0 Å². The number of hydrogen-bond donors (Lipinski definition) is 0. The molecule has 3 heterocycles. The maximum atomic E-state index is 5.98. The van der Waals surface area contributed by atoms with Gasteiger partial charge in [-0.3, -0.25) is 4.40 Å². The fourth-order valence-electron chi connectivity index (χ4n) is 3.75. The summed E-state index contributed by atoms with van der Waals surface area (Å²) in [4.78, 5) is 4.65. The maximum Gasteiger partial charge on any atom is 0.174 e. The van der Waals surface area contributed by atoms with Crippen molar-refractivity contribution in [1.82, 2.24) is 29.4 Å². The molecule has 25 heavy (non-hydrogen) atoms. The molecule has 0 saturated heterocycles. The van der Waals surface area contributed by atoms with E-state index in [9.17, 15) is 0 Å². The van der Waals surface area contributed by atoms with E-state index in [-0.39, 0.29) is 0 Å². The molecule has 3 aromatic heterocycles. The van der Waals surface area contributed by atoms with Gasteiger partial charge in [0.1, 0.15) is 12.2 Å². The van der Waals surface area contributed by atoms with Gasteiger partial charge in [0.05, 0.1) is 17.3 Å². The molecule has 0 spiro atoms. The van der Waals surface area contributed by atoms with Gasteiger partial charge in [0.2, 0.25) is 0 Å². The lowest BCUT2D eigenvalue weighted by Crippen LogP contribution is -2.09. The standard InChI is InChI=1S/C18H17ClN6/c19-13-6-8-14(9-7-13)25-17-15(10-21-25)18-23-22-16(24(18)11-20-17)12-4-2-1-3-5-12/h6-12H,1-5H2. The molecule has 1 aromatic carbocycles. The van der Waals surface area contributed by atoms with Crippen LogP contribution in [0.3, 0.4) is 0 Å². The number of fused-ring (bicyclic) bond motifs is 3. The Morgan fingerprint density at radius 1 is 0.960 bits per heavy atom. The molecule has 0 atom stereocenters. The predicted molar refractivity (Wildman–Crippen MR) is 96.2 cm³/mol. The topological polar surface area (TPSA) is 60.9 Å². The van der Waals surface area contributed by atoms with Crippen molar-refractivity contribution >= 4 is 28.3 Å². The number of rotatable bonds is 2. The van der Waals surface area contributed by atoms with E-state index in [0.717, 1.165) is 28.2 Å². The van der Waals surface area contributed by atoms with E-state index in [1.54, 1.807) is 4.68 Å². The Balaban J connectivity index is 1.64. The highest BCUT2D eigenvalue weighted by atomic mass is 35.5. The first-order chi connectivity index (χ1) is 12.3. The number of aromatic nitrogens is 6. The Morgan fingerprint density at radius 3 is 2.56 bits per heavy atom. The fourth-order valence-corrected chi connectivity index (χ4v) is 3.87. The molecular formula is C18H17ClN6. The van der Waals surface area contributed by atoms with Gasteiger partial charge in [-0.05, 0) is 37.1 Å². The molecule has 0 N–H and O–H groups in total. The van der Waals surface area contributed by atoms with Crippen LogP contribution < -0.4 is 0 Å². The lowest BCUT2D eigenvalue weighted by molar-refractivity contribution is 0.426. The Labute approximate surface area is 149 Å². The summed E-state index contributed by atoms with van der Waals surface area (Å²) in [6.07, 6.45) is 9.87. The van der Waals surface area contributed by atoms with Gasteiger partial charge in [-0.1, -0.05) is 30.9 Å². The summed E-state index contributed by atoms with van der Waals surface area (Å²) in [6, 6.07) is 7.55. The summed E-state index contributed by atoms with van der Waals surface area (Å²) in [5.74, 6) is 1.51. The zero-order valence-electron chi connectivity index (χ0n) is 13.6. The van der Waals surface area contributed by atoms with Crippen molar-refractivity contribution in [3.8, 4) is 5.69 Å². The molecule has 0 radical (unpaired) electrons. The Kier molecular flexibility index (Phi) is 3.45. The van der Waals surface area contributed by atoms with E-state index in [2.05, 4.69) is 20.3 Å². The predicted octanol–water partition coefficient (Wildman–Crippen LogP) is 4.16. The minimum atomic E-state index is 0.481. The van der Waals surface area contributed by atoms with Crippen molar-refractivity contribution in [3.63, 3.8) is 0 Å². The van der Waals surface area contributed by atoms with Gasteiger partial charge in [0.25, 0.3) is 0 Å². The van der Waals surface area contributed by atoms with Gasteiger partial charge >= 0.3 is 0 Å². The molecule has 126 valence electrons. The molecule has 1 saturated carbocycles. The summed E-state index contributed by atoms with van der Waals surface area (Å²) in [6.45, 7) is 0. The number of benzene rings is 1. The SMILES string of the molecule is Clc1ccc(-n2ncc3c2ncn2c(C4CCCCC4)nnc32)cc1. The van der Waals surface area contributed by atoms with Gasteiger partial charge < -0.3 is 0 Å². The summed E-state index contributed by atoms with van der Waals surface area (Å²) in [7, 11) is 0. The largest absolute Gasteiger partial charge is 0.268 e. The highest BCUT2D eigenvalue weighted by Crippen LogP contribution is 2.32. The average Bonchev–Trinajstić information content (AvgIpc) is 3.27. The van der Waals surface area contributed by atoms with Crippen LogP contribution in [0.2, 0.25) is 5.02 Å². The van der Waals surface area contributed by atoms with E-state index in [0.29, 0.717) is 10.9 Å². The van der Waals surface area contributed by atoms with Gasteiger partial charge in [-0.2, -0.15) is 5.10 Å². The summed E-state index contributed by atoms with van der Waals surface area (Å²) < 4.78 is 3.84. The first-order valence-corrected chi connectivity index (χ1v) is 9.02. The number of nitrogens with zero attached hydrogens (tertiary/aromatic N) is 6. The lowest BCUT2D eigenvalue weighted by Gasteiger charge is -2.19. The van der Waals surface area contributed by atoms with E-state index < -0.39 is 0 Å². The van der Waals surface area contributed by atoms with Gasteiger partial charge in [0, 0.05) is 10.9 Å². The summed E-state index contributed by atoms with van der Waals surface area (Å²) in [5.41, 5.74) is 2.52. The zero-order valence-corrected chi connectivity index (χ0v) is 14.4. The zero-order chi connectivity index (χ0) is 16.8. The highest BCUT2D eigenvalue weighted by Gasteiger charge is 2.22. The Bertz CT molecular complexity index is 1040. The molecule has 1 aliphatic rings. The minimum Gasteiger partial charge on any atom is -0.268 e. The molecule has 7 heteroatoms. The van der Waals surface area contributed by atoms with E-state index in [1.807, 2.05) is 41.2 Å². The van der Waals surface area contributed by atoms with Crippen LogP contribution in [0.1, 0.15) is 43.8 Å².